The highest BCUT2D eigenvalue weighted by atomic mass is 32.2. The van der Waals surface area contributed by atoms with Gasteiger partial charge in [-0.25, -0.2) is 8.42 Å². The van der Waals surface area contributed by atoms with E-state index < -0.39 is 10.0 Å². The minimum atomic E-state index is -3.33. The molecule has 1 heterocycles. The molecular weight excluding hydrogens is 332 g/mol. The molecule has 25 heavy (non-hydrogen) atoms. The summed E-state index contributed by atoms with van der Waals surface area (Å²) < 4.78 is 27.4. The molecule has 136 valence electrons. The van der Waals surface area contributed by atoms with E-state index in [0.29, 0.717) is 23.5 Å². The first-order valence-electron chi connectivity index (χ1n) is 9.85. The minimum absolute atomic E-state index is 0.400. The molecule has 4 nitrogen and oxygen atoms in total. The first-order chi connectivity index (χ1) is 12.1. The van der Waals surface area contributed by atoms with Crippen LogP contribution in [0.3, 0.4) is 0 Å². The van der Waals surface area contributed by atoms with Crippen molar-refractivity contribution in [2.45, 2.75) is 49.0 Å². The zero-order valence-corrected chi connectivity index (χ0v) is 15.6. The summed E-state index contributed by atoms with van der Waals surface area (Å²) in [6.07, 6.45) is 8.48. The fourth-order valence-corrected chi connectivity index (χ4v) is 8.04. The highest BCUT2D eigenvalue weighted by molar-refractivity contribution is 7.89. The van der Waals surface area contributed by atoms with Crippen LogP contribution in [0, 0.1) is 17.8 Å². The van der Waals surface area contributed by atoms with E-state index in [1.54, 1.807) is 28.6 Å². The predicted molar refractivity (Wildman–Crippen MR) is 97.7 cm³/mol. The molecule has 1 aliphatic heterocycles. The standard InChI is InChI=1S/C20H28N2O2S/c23-25(24,19-4-2-1-3-5-19)22-8-6-21(7-9-22)20-13-16-10-17(14-20)12-18(11-16)15-20/h1-5,16-18H,6-15H2. The van der Waals surface area contributed by atoms with Gasteiger partial charge in [-0.1, -0.05) is 18.2 Å². The summed E-state index contributed by atoms with van der Waals surface area (Å²) in [5, 5.41) is 0. The lowest BCUT2D eigenvalue weighted by atomic mass is 9.52. The second-order valence-electron chi connectivity index (χ2n) is 8.85. The van der Waals surface area contributed by atoms with E-state index in [1.807, 2.05) is 6.07 Å². The van der Waals surface area contributed by atoms with Crippen LogP contribution in [0.25, 0.3) is 0 Å². The summed E-state index contributed by atoms with van der Waals surface area (Å²) in [6.45, 7) is 3.08. The Balaban J connectivity index is 1.31. The maximum absolute atomic E-state index is 12.8. The van der Waals surface area contributed by atoms with Crippen LogP contribution < -0.4 is 0 Å². The molecule has 5 heteroatoms. The Morgan fingerprint density at radius 3 is 1.84 bits per heavy atom. The van der Waals surface area contributed by atoms with Gasteiger partial charge in [0.2, 0.25) is 10.0 Å². The molecule has 6 rings (SSSR count). The maximum Gasteiger partial charge on any atom is 0.243 e. The molecule has 0 aromatic heterocycles. The van der Waals surface area contributed by atoms with Gasteiger partial charge in [0.05, 0.1) is 4.90 Å². The van der Waals surface area contributed by atoms with Gasteiger partial charge in [-0.2, -0.15) is 4.31 Å². The molecular formula is C20H28N2O2S. The van der Waals surface area contributed by atoms with Crippen LogP contribution in [0.2, 0.25) is 0 Å². The third-order valence-electron chi connectivity index (χ3n) is 7.30. The zero-order valence-electron chi connectivity index (χ0n) is 14.8. The second-order valence-corrected chi connectivity index (χ2v) is 10.8. The van der Waals surface area contributed by atoms with Crippen LogP contribution in [-0.2, 0) is 10.0 Å². The molecule has 4 bridgehead atoms. The SMILES string of the molecule is O=S(=O)(c1ccccc1)N1CCN(C23CC4CC(CC(C4)C2)C3)CC1. The molecule has 0 unspecified atom stereocenters. The average Bonchev–Trinajstić information content (AvgIpc) is 2.61. The molecule has 4 saturated carbocycles. The van der Waals surface area contributed by atoms with Crippen molar-refractivity contribution in [3.8, 4) is 0 Å². The molecule has 1 aromatic rings. The third kappa shape index (κ3) is 2.66. The van der Waals surface area contributed by atoms with Crippen molar-refractivity contribution in [1.29, 1.82) is 0 Å². The van der Waals surface area contributed by atoms with E-state index >= 15 is 0 Å². The molecule has 5 fully saturated rings. The summed E-state index contributed by atoms with van der Waals surface area (Å²) in [7, 11) is -3.33. The number of sulfonamides is 1. The summed E-state index contributed by atoms with van der Waals surface area (Å²) in [4.78, 5) is 3.10. The van der Waals surface area contributed by atoms with Crippen molar-refractivity contribution in [3.05, 3.63) is 30.3 Å². The van der Waals surface area contributed by atoms with Crippen molar-refractivity contribution in [1.82, 2.24) is 9.21 Å². The van der Waals surface area contributed by atoms with Crippen molar-refractivity contribution in [3.63, 3.8) is 0 Å². The summed E-state index contributed by atoms with van der Waals surface area (Å²) >= 11 is 0. The number of benzene rings is 1. The molecule has 0 spiro atoms. The maximum atomic E-state index is 12.8. The van der Waals surface area contributed by atoms with E-state index in [9.17, 15) is 8.42 Å². The van der Waals surface area contributed by atoms with Gasteiger partial charge >= 0.3 is 0 Å². The average molecular weight is 361 g/mol. The van der Waals surface area contributed by atoms with Gasteiger partial charge in [0.1, 0.15) is 0 Å². The first-order valence-corrected chi connectivity index (χ1v) is 11.3. The minimum Gasteiger partial charge on any atom is -0.295 e. The smallest absolute Gasteiger partial charge is 0.243 e. The number of hydrogen-bond donors (Lipinski definition) is 0. The summed E-state index contributed by atoms with van der Waals surface area (Å²) in [5.74, 6) is 2.83. The quantitative estimate of drug-likeness (QED) is 0.832. The summed E-state index contributed by atoms with van der Waals surface area (Å²) in [6, 6.07) is 8.89. The van der Waals surface area contributed by atoms with Gasteiger partial charge in [0, 0.05) is 31.7 Å². The van der Waals surface area contributed by atoms with Crippen LogP contribution in [-0.4, -0.2) is 49.3 Å². The van der Waals surface area contributed by atoms with E-state index in [4.69, 9.17) is 0 Å². The molecule has 4 aliphatic carbocycles. The zero-order chi connectivity index (χ0) is 17.1. The summed E-state index contributed by atoms with van der Waals surface area (Å²) in [5.41, 5.74) is 0.400. The Morgan fingerprint density at radius 2 is 1.32 bits per heavy atom. The van der Waals surface area contributed by atoms with Gasteiger partial charge in [-0.15, -0.1) is 0 Å². The molecule has 1 aromatic carbocycles. The molecule has 0 radical (unpaired) electrons. The third-order valence-corrected chi connectivity index (χ3v) is 9.21. The van der Waals surface area contributed by atoms with Gasteiger partial charge in [-0.3, -0.25) is 4.90 Å². The molecule has 5 aliphatic rings. The lowest BCUT2D eigenvalue weighted by Gasteiger charge is -2.61. The van der Waals surface area contributed by atoms with E-state index in [0.717, 1.165) is 30.8 Å². The monoisotopic (exact) mass is 360 g/mol. The number of hydrogen-bond acceptors (Lipinski definition) is 3. The van der Waals surface area contributed by atoms with Gasteiger partial charge in [0.25, 0.3) is 0 Å². The first kappa shape index (κ1) is 16.3. The van der Waals surface area contributed by atoms with E-state index in [2.05, 4.69) is 4.90 Å². The fourth-order valence-electron chi connectivity index (χ4n) is 6.60. The van der Waals surface area contributed by atoms with Crippen LogP contribution in [0.15, 0.2) is 35.2 Å². The highest BCUT2D eigenvalue weighted by Gasteiger charge is 2.53. The van der Waals surface area contributed by atoms with E-state index in [-0.39, 0.29) is 0 Å². The lowest BCUT2D eigenvalue weighted by molar-refractivity contribution is -0.0964. The van der Waals surface area contributed by atoms with Crippen LogP contribution in [0.4, 0.5) is 0 Å². The second kappa shape index (κ2) is 5.80. The molecule has 0 amide bonds. The van der Waals surface area contributed by atoms with Crippen molar-refractivity contribution < 1.29 is 8.42 Å². The van der Waals surface area contributed by atoms with Crippen molar-refractivity contribution >= 4 is 10.0 Å². The van der Waals surface area contributed by atoms with Crippen LogP contribution in [0.1, 0.15) is 38.5 Å². The number of rotatable bonds is 3. The largest absolute Gasteiger partial charge is 0.295 e. The predicted octanol–water partition coefficient (Wildman–Crippen LogP) is 2.96. The lowest BCUT2D eigenvalue weighted by Crippen LogP contribution is -2.64. The number of piperazine rings is 1. The molecule has 0 atom stereocenters. The number of nitrogens with zero attached hydrogens (tertiary/aromatic N) is 2. The van der Waals surface area contributed by atoms with Crippen molar-refractivity contribution in [2.24, 2.45) is 17.8 Å². The highest BCUT2D eigenvalue weighted by Crippen LogP contribution is 2.57. The Morgan fingerprint density at radius 1 is 0.800 bits per heavy atom. The van der Waals surface area contributed by atoms with Gasteiger partial charge in [-0.05, 0) is 68.4 Å². The van der Waals surface area contributed by atoms with Crippen LogP contribution >= 0.6 is 0 Å². The fraction of sp³-hybridized carbons (Fsp3) is 0.700. The molecule has 1 saturated heterocycles. The van der Waals surface area contributed by atoms with Crippen molar-refractivity contribution in [2.75, 3.05) is 26.2 Å². The normalized spacial score (nSPS) is 39.0. The van der Waals surface area contributed by atoms with Gasteiger partial charge < -0.3 is 0 Å². The molecule has 0 N–H and O–H groups in total. The van der Waals surface area contributed by atoms with E-state index in [1.165, 1.54) is 38.5 Å². The van der Waals surface area contributed by atoms with Gasteiger partial charge in [0.15, 0.2) is 0 Å². The van der Waals surface area contributed by atoms with Crippen LogP contribution in [0.5, 0.6) is 0 Å². The Kier molecular flexibility index (Phi) is 3.77. The Labute approximate surface area is 151 Å². The topological polar surface area (TPSA) is 40.6 Å². The Hall–Kier alpha value is -0.910. The Bertz CT molecular complexity index is 703.